The van der Waals surface area contributed by atoms with Crippen molar-refractivity contribution < 1.29 is 9.21 Å². The molecule has 146 valence electrons. The van der Waals surface area contributed by atoms with Crippen molar-refractivity contribution in [3.8, 4) is 11.3 Å². The Hall–Kier alpha value is -3.45. The first-order valence-electron chi connectivity index (χ1n) is 9.16. The third-order valence-electron chi connectivity index (χ3n) is 4.48. The number of hydrogen-bond donors (Lipinski definition) is 2. The predicted octanol–water partition coefficient (Wildman–Crippen LogP) is 5.02. The quantitative estimate of drug-likeness (QED) is 0.456. The zero-order valence-corrected chi connectivity index (χ0v) is 16.7. The number of nitrogens with one attached hydrogen (secondary N) is 2. The molecule has 0 aliphatic heterocycles. The number of aromatic nitrogens is 2. The van der Waals surface area contributed by atoms with Gasteiger partial charge in [0.15, 0.2) is 10.7 Å². The van der Waals surface area contributed by atoms with Gasteiger partial charge in [-0.05, 0) is 41.3 Å². The highest BCUT2D eigenvalue weighted by atomic mass is 32.1. The van der Waals surface area contributed by atoms with Crippen LogP contribution >= 0.6 is 11.3 Å². The van der Waals surface area contributed by atoms with E-state index in [1.165, 1.54) is 23.0 Å². The van der Waals surface area contributed by atoms with E-state index in [2.05, 4.69) is 41.3 Å². The van der Waals surface area contributed by atoms with Crippen LogP contribution in [-0.2, 0) is 4.79 Å². The Morgan fingerprint density at radius 3 is 2.76 bits per heavy atom. The first-order chi connectivity index (χ1) is 14.0. The molecule has 4 rings (SSSR count). The maximum absolute atomic E-state index is 12.2. The van der Waals surface area contributed by atoms with Crippen molar-refractivity contribution in [3.05, 3.63) is 75.6 Å². The molecule has 2 N–H and O–H groups in total. The molecule has 1 amide bonds. The molecule has 6 nitrogen and oxygen atoms in total. The van der Waals surface area contributed by atoms with Crippen LogP contribution in [0, 0.1) is 0 Å². The van der Waals surface area contributed by atoms with Crippen molar-refractivity contribution in [1.82, 2.24) is 9.97 Å². The van der Waals surface area contributed by atoms with Crippen molar-refractivity contribution in [3.63, 3.8) is 0 Å². The van der Waals surface area contributed by atoms with Crippen LogP contribution in [0.15, 0.2) is 63.1 Å². The predicted molar refractivity (Wildman–Crippen MR) is 116 cm³/mol. The maximum Gasteiger partial charge on any atom is 0.417 e. The summed E-state index contributed by atoms with van der Waals surface area (Å²) in [7, 11) is 0. The van der Waals surface area contributed by atoms with Crippen LogP contribution in [0.3, 0.4) is 0 Å². The van der Waals surface area contributed by atoms with Gasteiger partial charge in [-0.15, -0.1) is 11.3 Å². The minimum Gasteiger partial charge on any atom is -0.408 e. The number of aromatic amines is 1. The molecule has 0 fully saturated rings. The van der Waals surface area contributed by atoms with Gasteiger partial charge in [-0.2, -0.15) is 0 Å². The Bertz CT molecular complexity index is 1250. The standard InChI is InChI=1S/C22H19N3O3S/c1-13(2)15-6-3-14(4-7-15)5-10-20(26)25-21-23-18(12-29-21)16-8-9-19-17(11-16)24-22(27)28-19/h3-13H,1-2H3,(H,24,27)(H,23,25,26)/b10-5+. The van der Waals surface area contributed by atoms with E-state index in [1.54, 1.807) is 18.2 Å². The van der Waals surface area contributed by atoms with Crippen molar-refractivity contribution in [1.29, 1.82) is 0 Å². The molecule has 0 aliphatic rings. The molecule has 0 saturated carbocycles. The van der Waals surface area contributed by atoms with Crippen molar-refractivity contribution in [2.45, 2.75) is 19.8 Å². The van der Waals surface area contributed by atoms with E-state index in [0.29, 0.717) is 27.8 Å². The number of hydrogen-bond acceptors (Lipinski definition) is 5. The molecule has 0 aliphatic carbocycles. The summed E-state index contributed by atoms with van der Waals surface area (Å²) < 4.78 is 5.00. The Morgan fingerprint density at radius 1 is 1.21 bits per heavy atom. The fourth-order valence-electron chi connectivity index (χ4n) is 2.89. The van der Waals surface area contributed by atoms with Gasteiger partial charge in [0.1, 0.15) is 0 Å². The highest BCUT2D eigenvalue weighted by Crippen LogP contribution is 2.27. The molecular weight excluding hydrogens is 386 g/mol. The smallest absolute Gasteiger partial charge is 0.408 e. The summed E-state index contributed by atoms with van der Waals surface area (Å²) in [6.07, 6.45) is 3.27. The molecular formula is C22H19N3O3S. The third-order valence-corrected chi connectivity index (χ3v) is 5.24. The van der Waals surface area contributed by atoms with Crippen LogP contribution in [0.1, 0.15) is 30.9 Å². The number of carbonyl (C=O) groups excluding carboxylic acids is 1. The van der Waals surface area contributed by atoms with Crippen LogP contribution in [-0.4, -0.2) is 15.9 Å². The number of oxazole rings is 1. The highest BCUT2D eigenvalue weighted by molar-refractivity contribution is 7.14. The van der Waals surface area contributed by atoms with Crippen LogP contribution < -0.4 is 11.1 Å². The zero-order chi connectivity index (χ0) is 20.4. The number of thiazole rings is 1. The summed E-state index contributed by atoms with van der Waals surface area (Å²) in [5, 5.41) is 5.13. The minimum absolute atomic E-state index is 0.242. The Balaban J connectivity index is 1.43. The molecule has 2 heterocycles. The molecule has 0 atom stereocenters. The van der Waals surface area contributed by atoms with E-state index in [1.807, 2.05) is 23.6 Å². The van der Waals surface area contributed by atoms with Crippen molar-refractivity contribution >= 4 is 39.6 Å². The van der Waals surface area contributed by atoms with Gasteiger partial charge in [-0.25, -0.2) is 9.78 Å². The van der Waals surface area contributed by atoms with Gasteiger partial charge in [0.05, 0.1) is 11.2 Å². The van der Waals surface area contributed by atoms with Crippen LogP contribution in [0.25, 0.3) is 28.4 Å². The largest absolute Gasteiger partial charge is 0.417 e. The number of H-pyrrole nitrogens is 1. The van der Waals surface area contributed by atoms with E-state index < -0.39 is 5.76 Å². The first kappa shape index (κ1) is 18.9. The van der Waals surface area contributed by atoms with E-state index in [9.17, 15) is 9.59 Å². The molecule has 2 aromatic carbocycles. The second kappa shape index (κ2) is 7.89. The normalized spacial score (nSPS) is 11.6. The number of rotatable bonds is 5. The van der Waals surface area contributed by atoms with E-state index in [4.69, 9.17) is 4.42 Å². The number of benzene rings is 2. The van der Waals surface area contributed by atoms with Crippen LogP contribution in [0.4, 0.5) is 5.13 Å². The van der Waals surface area contributed by atoms with Crippen LogP contribution in [0.5, 0.6) is 0 Å². The summed E-state index contributed by atoms with van der Waals surface area (Å²) in [5.41, 5.74) is 4.87. The van der Waals surface area contributed by atoms with Gasteiger partial charge in [-0.3, -0.25) is 15.1 Å². The van der Waals surface area contributed by atoms with Crippen molar-refractivity contribution in [2.75, 3.05) is 5.32 Å². The summed E-state index contributed by atoms with van der Waals surface area (Å²) in [5.74, 6) is -0.257. The third kappa shape index (κ3) is 4.35. The molecule has 0 radical (unpaired) electrons. The van der Waals surface area contributed by atoms with E-state index in [0.717, 1.165) is 11.1 Å². The molecule has 2 aromatic heterocycles. The lowest BCUT2D eigenvalue weighted by atomic mass is 10.0. The molecule has 29 heavy (non-hydrogen) atoms. The topological polar surface area (TPSA) is 88.0 Å². The molecule has 7 heteroatoms. The fourth-order valence-corrected chi connectivity index (χ4v) is 3.61. The Morgan fingerprint density at radius 2 is 2.00 bits per heavy atom. The van der Waals surface area contributed by atoms with Gasteiger partial charge in [-0.1, -0.05) is 38.1 Å². The second-order valence-corrected chi connectivity index (χ2v) is 7.77. The molecule has 4 aromatic rings. The lowest BCUT2D eigenvalue weighted by Crippen LogP contribution is -2.07. The highest BCUT2D eigenvalue weighted by Gasteiger charge is 2.09. The van der Waals surface area contributed by atoms with Gasteiger partial charge in [0, 0.05) is 17.0 Å². The number of nitrogens with zero attached hydrogens (tertiary/aromatic N) is 1. The van der Waals surface area contributed by atoms with E-state index >= 15 is 0 Å². The average molecular weight is 405 g/mol. The van der Waals surface area contributed by atoms with Gasteiger partial charge in [0.25, 0.3) is 0 Å². The van der Waals surface area contributed by atoms with Crippen molar-refractivity contribution in [2.24, 2.45) is 0 Å². The van der Waals surface area contributed by atoms with Crippen LogP contribution in [0.2, 0.25) is 0 Å². The average Bonchev–Trinajstić information content (AvgIpc) is 3.31. The Labute approximate surface area is 170 Å². The number of amides is 1. The first-order valence-corrected chi connectivity index (χ1v) is 10.0. The lowest BCUT2D eigenvalue weighted by Gasteiger charge is -2.04. The molecule has 0 saturated heterocycles. The van der Waals surface area contributed by atoms with Gasteiger partial charge in [0.2, 0.25) is 5.91 Å². The Kier molecular flexibility index (Phi) is 5.14. The molecule has 0 unspecified atom stereocenters. The summed E-state index contributed by atoms with van der Waals surface area (Å²) >= 11 is 1.34. The van der Waals surface area contributed by atoms with Gasteiger partial charge < -0.3 is 4.42 Å². The number of anilines is 1. The summed E-state index contributed by atoms with van der Waals surface area (Å²) in [4.78, 5) is 30.6. The number of carbonyl (C=O) groups is 1. The van der Waals surface area contributed by atoms with Gasteiger partial charge >= 0.3 is 5.76 Å². The summed E-state index contributed by atoms with van der Waals surface area (Å²) in [6.45, 7) is 4.29. The monoisotopic (exact) mass is 405 g/mol. The lowest BCUT2D eigenvalue weighted by molar-refractivity contribution is -0.111. The minimum atomic E-state index is -0.492. The number of fused-ring (bicyclic) bond motifs is 1. The maximum atomic E-state index is 12.2. The molecule has 0 spiro atoms. The van der Waals surface area contributed by atoms with E-state index in [-0.39, 0.29) is 5.91 Å². The molecule has 0 bridgehead atoms. The zero-order valence-electron chi connectivity index (χ0n) is 15.9. The summed E-state index contributed by atoms with van der Waals surface area (Å²) in [6, 6.07) is 13.5. The SMILES string of the molecule is CC(C)c1ccc(/C=C/C(=O)Nc2nc(-c3ccc4oc(=O)[nH]c4c3)cs2)cc1. The fraction of sp³-hybridized carbons (Fsp3) is 0.136. The second-order valence-electron chi connectivity index (χ2n) is 6.91.